The van der Waals surface area contributed by atoms with Crippen LogP contribution in [-0.4, -0.2) is 33.2 Å². The summed E-state index contributed by atoms with van der Waals surface area (Å²) in [7, 11) is 0. The molecule has 7 heteroatoms. The van der Waals surface area contributed by atoms with Gasteiger partial charge in [0.05, 0.1) is 12.7 Å². The highest BCUT2D eigenvalue weighted by atomic mass is 16.7. The number of ether oxygens (including phenoxy) is 2. The lowest BCUT2D eigenvalue weighted by Crippen LogP contribution is -2.09. The van der Waals surface area contributed by atoms with Crippen LogP contribution in [0, 0.1) is 6.92 Å². The standard InChI is InChI=1S/C12H18N4O3/c1-4-17-12(18-5-2)11-7-16(15-14-11)6-10-9(3)19-8-13-10/h7-8,12H,4-6H2,1-3H3. The number of oxazole rings is 1. The van der Waals surface area contributed by atoms with Crippen LogP contribution < -0.4 is 0 Å². The average Bonchev–Trinajstić information content (AvgIpc) is 3.00. The molecule has 0 amide bonds. The molecule has 0 unspecified atom stereocenters. The molecular weight excluding hydrogens is 248 g/mol. The quantitative estimate of drug-likeness (QED) is 0.710. The number of aromatic nitrogens is 4. The molecule has 0 aromatic carbocycles. The van der Waals surface area contributed by atoms with Gasteiger partial charge in [-0.3, -0.25) is 0 Å². The smallest absolute Gasteiger partial charge is 0.204 e. The Morgan fingerprint density at radius 2 is 2.05 bits per heavy atom. The normalized spacial score (nSPS) is 11.4. The van der Waals surface area contributed by atoms with Crippen molar-refractivity contribution in [1.82, 2.24) is 20.0 Å². The largest absolute Gasteiger partial charge is 0.448 e. The van der Waals surface area contributed by atoms with Crippen LogP contribution >= 0.6 is 0 Å². The van der Waals surface area contributed by atoms with E-state index in [1.807, 2.05) is 20.8 Å². The number of aryl methyl sites for hydroxylation is 1. The second-order valence-electron chi connectivity index (χ2n) is 3.94. The van der Waals surface area contributed by atoms with Gasteiger partial charge in [-0.25, -0.2) is 9.67 Å². The van der Waals surface area contributed by atoms with Gasteiger partial charge in [-0.05, 0) is 20.8 Å². The van der Waals surface area contributed by atoms with Crippen LogP contribution in [0.2, 0.25) is 0 Å². The van der Waals surface area contributed by atoms with Crippen molar-refractivity contribution in [2.45, 2.75) is 33.6 Å². The van der Waals surface area contributed by atoms with Gasteiger partial charge >= 0.3 is 0 Å². The van der Waals surface area contributed by atoms with E-state index in [0.717, 1.165) is 11.5 Å². The first kappa shape index (κ1) is 13.7. The zero-order valence-corrected chi connectivity index (χ0v) is 11.4. The highest BCUT2D eigenvalue weighted by Crippen LogP contribution is 2.16. The Morgan fingerprint density at radius 1 is 1.32 bits per heavy atom. The van der Waals surface area contributed by atoms with Gasteiger partial charge in [0.25, 0.3) is 0 Å². The average molecular weight is 266 g/mol. The molecule has 0 bridgehead atoms. The van der Waals surface area contributed by atoms with E-state index in [9.17, 15) is 0 Å². The Labute approximate surface area is 111 Å². The first-order chi connectivity index (χ1) is 9.24. The molecule has 2 rings (SSSR count). The molecule has 104 valence electrons. The van der Waals surface area contributed by atoms with Gasteiger partial charge in [0.2, 0.25) is 6.29 Å². The Bertz CT molecular complexity index is 503. The molecule has 7 nitrogen and oxygen atoms in total. The summed E-state index contributed by atoms with van der Waals surface area (Å²) in [5.41, 5.74) is 1.49. The zero-order valence-electron chi connectivity index (χ0n) is 11.4. The first-order valence-electron chi connectivity index (χ1n) is 6.26. The van der Waals surface area contributed by atoms with Crippen LogP contribution in [0.25, 0.3) is 0 Å². The molecule has 19 heavy (non-hydrogen) atoms. The minimum atomic E-state index is -0.470. The lowest BCUT2D eigenvalue weighted by molar-refractivity contribution is -0.142. The minimum absolute atomic E-state index is 0.470. The van der Waals surface area contributed by atoms with E-state index in [1.54, 1.807) is 10.9 Å². The summed E-state index contributed by atoms with van der Waals surface area (Å²) in [5, 5.41) is 8.11. The molecule has 2 aromatic rings. The number of hydrogen-bond acceptors (Lipinski definition) is 6. The van der Waals surface area contributed by atoms with Crippen LogP contribution in [0.5, 0.6) is 0 Å². The molecule has 0 saturated heterocycles. The van der Waals surface area contributed by atoms with Crippen molar-refractivity contribution in [2.75, 3.05) is 13.2 Å². The molecule has 0 saturated carbocycles. The third-order valence-electron chi connectivity index (χ3n) is 2.59. The van der Waals surface area contributed by atoms with Crippen LogP contribution in [0.3, 0.4) is 0 Å². The van der Waals surface area contributed by atoms with E-state index in [2.05, 4.69) is 15.3 Å². The van der Waals surface area contributed by atoms with Crippen molar-refractivity contribution in [2.24, 2.45) is 0 Å². The van der Waals surface area contributed by atoms with Crippen LogP contribution in [-0.2, 0) is 16.0 Å². The van der Waals surface area contributed by atoms with Crippen molar-refractivity contribution < 1.29 is 13.9 Å². The second kappa shape index (κ2) is 6.44. The highest BCUT2D eigenvalue weighted by Gasteiger charge is 2.16. The summed E-state index contributed by atoms with van der Waals surface area (Å²) >= 11 is 0. The molecule has 0 fully saturated rings. The molecule has 0 aliphatic rings. The lowest BCUT2D eigenvalue weighted by Gasteiger charge is -2.13. The molecule has 0 spiro atoms. The third-order valence-corrected chi connectivity index (χ3v) is 2.59. The van der Waals surface area contributed by atoms with Crippen LogP contribution in [0.15, 0.2) is 17.0 Å². The van der Waals surface area contributed by atoms with Gasteiger partial charge in [-0.2, -0.15) is 0 Å². The van der Waals surface area contributed by atoms with E-state index in [0.29, 0.717) is 25.5 Å². The number of nitrogens with zero attached hydrogens (tertiary/aromatic N) is 4. The predicted molar refractivity (Wildman–Crippen MR) is 66.4 cm³/mol. The van der Waals surface area contributed by atoms with Crippen molar-refractivity contribution >= 4 is 0 Å². The predicted octanol–water partition coefficient (Wildman–Crippen LogP) is 1.69. The van der Waals surface area contributed by atoms with Crippen LogP contribution in [0.1, 0.15) is 37.3 Å². The summed E-state index contributed by atoms with van der Waals surface area (Å²) in [6.45, 7) is 7.31. The third kappa shape index (κ3) is 3.39. The van der Waals surface area contributed by atoms with Gasteiger partial charge in [-0.1, -0.05) is 5.21 Å². The fourth-order valence-corrected chi connectivity index (χ4v) is 1.65. The summed E-state index contributed by atoms with van der Waals surface area (Å²) in [5.74, 6) is 0.781. The lowest BCUT2D eigenvalue weighted by atomic mass is 10.3. The van der Waals surface area contributed by atoms with E-state index in [4.69, 9.17) is 13.9 Å². The molecule has 2 heterocycles. The van der Waals surface area contributed by atoms with Crippen molar-refractivity contribution in [3.05, 3.63) is 29.7 Å². The van der Waals surface area contributed by atoms with Gasteiger partial charge < -0.3 is 13.9 Å². The van der Waals surface area contributed by atoms with E-state index in [1.165, 1.54) is 6.39 Å². The highest BCUT2D eigenvalue weighted by molar-refractivity contribution is 5.06. The molecule has 0 aliphatic carbocycles. The van der Waals surface area contributed by atoms with Crippen molar-refractivity contribution in [3.8, 4) is 0 Å². The van der Waals surface area contributed by atoms with Crippen molar-refractivity contribution in [1.29, 1.82) is 0 Å². The fourth-order valence-electron chi connectivity index (χ4n) is 1.65. The Hall–Kier alpha value is -1.73. The van der Waals surface area contributed by atoms with Gasteiger partial charge in [0, 0.05) is 13.2 Å². The van der Waals surface area contributed by atoms with Gasteiger partial charge in [0.15, 0.2) is 6.39 Å². The maximum absolute atomic E-state index is 5.47. The molecule has 0 atom stereocenters. The summed E-state index contributed by atoms with van der Waals surface area (Å²) in [6, 6.07) is 0. The SMILES string of the molecule is CCOC(OCC)c1cn(Cc2ncoc2C)nn1. The first-order valence-corrected chi connectivity index (χ1v) is 6.26. The van der Waals surface area contributed by atoms with Crippen LogP contribution in [0.4, 0.5) is 0 Å². The van der Waals surface area contributed by atoms with Crippen molar-refractivity contribution in [3.63, 3.8) is 0 Å². The Kier molecular flexibility index (Phi) is 4.64. The molecule has 0 radical (unpaired) electrons. The zero-order chi connectivity index (χ0) is 13.7. The maximum Gasteiger partial charge on any atom is 0.204 e. The Morgan fingerprint density at radius 3 is 2.63 bits per heavy atom. The van der Waals surface area contributed by atoms with Gasteiger partial charge in [-0.15, -0.1) is 5.10 Å². The monoisotopic (exact) mass is 266 g/mol. The number of rotatable bonds is 7. The van der Waals surface area contributed by atoms with E-state index >= 15 is 0 Å². The molecule has 0 N–H and O–H groups in total. The summed E-state index contributed by atoms with van der Waals surface area (Å²) in [4.78, 5) is 4.12. The summed E-state index contributed by atoms with van der Waals surface area (Å²) in [6.07, 6.45) is 2.75. The van der Waals surface area contributed by atoms with E-state index < -0.39 is 6.29 Å². The van der Waals surface area contributed by atoms with E-state index in [-0.39, 0.29) is 0 Å². The Balaban J connectivity index is 2.07. The minimum Gasteiger partial charge on any atom is -0.448 e. The molecular formula is C12H18N4O3. The summed E-state index contributed by atoms with van der Waals surface area (Å²) < 4.78 is 17.8. The molecule has 2 aromatic heterocycles. The fraction of sp³-hybridized carbons (Fsp3) is 0.583. The maximum atomic E-state index is 5.47. The molecule has 0 aliphatic heterocycles. The number of hydrogen-bond donors (Lipinski definition) is 0. The van der Waals surface area contributed by atoms with Gasteiger partial charge in [0.1, 0.15) is 17.1 Å². The second-order valence-corrected chi connectivity index (χ2v) is 3.94. The topological polar surface area (TPSA) is 75.2 Å².